The number of para-hydroxylation sites is 2. The summed E-state index contributed by atoms with van der Waals surface area (Å²) in [7, 11) is 0. The number of rotatable bonds is 6. The molecule has 39 heavy (non-hydrogen) atoms. The second kappa shape index (κ2) is 17.5. The molecular weight excluding hydrogens is 582 g/mol. The molecule has 2 N–H and O–H groups in total. The fourth-order valence-corrected chi connectivity index (χ4v) is 2.94. The van der Waals surface area contributed by atoms with Crippen molar-refractivity contribution in [2.24, 2.45) is 20.2 Å². The number of aromatic nitrogens is 4. The van der Waals surface area contributed by atoms with Crippen molar-refractivity contribution in [2.75, 3.05) is 0 Å². The topological polar surface area (TPSA) is 125 Å². The molecule has 0 aliphatic rings. The van der Waals surface area contributed by atoms with Gasteiger partial charge in [-0.1, -0.05) is 36.4 Å². The monoisotopic (exact) mass is 604 g/mol. The third-order valence-electron chi connectivity index (χ3n) is 4.48. The third-order valence-corrected chi connectivity index (χ3v) is 4.85. The maximum absolute atomic E-state index is 5.08. The van der Waals surface area contributed by atoms with Crippen LogP contribution in [0.3, 0.4) is 0 Å². The molecule has 0 amide bonds. The van der Waals surface area contributed by atoms with Gasteiger partial charge in [0.1, 0.15) is 11.4 Å². The number of nitrogens with one attached hydrogen (secondary N) is 2. The van der Waals surface area contributed by atoms with E-state index in [1.54, 1.807) is 37.2 Å². The molecule has 0 spiro atoms. The first-order chi connectivity index (χ1) is 18.5. The Morgan fingerprint density at radius 2 is 1.00 bits per heavy atom. The van der Waals surface area contributed by atoms with Gasteiger partial charge in [0.25, 0.3) is 0 Å². The zero-order valence-corrected chi connectivity index (χ0v) is 25.9. The van der Waals surface area contributed by atoms with Crippen LogP contribution in [0.15, 0.2) is 118 Å². The van der Waals surface area contributed by atoms with Crippen molar-refractivity contribution in [3.05, 3.63) is 109 Å². The van der Waals surface area contributed by atoms with Gasteiger partial charge in [-0.3, -0.25) is 40.8 Å². The molecule has 4 rings (SSSR count). The van der Waals surface area contributed by atoms with Crippen LogP contribution in [0.1, 0.15) is 25.2 Å². The van der Waals surface area contributed by atoms with Crippen LogP contribution in [-0.2, 0) is 44.7 Å². The molecule has 0 saturated heterocycles. The summed E-state index contributed by atoms with van der Waals surface area (Å²) in [6.07, 6.45) is 9.72. The van der Waals surface area contributed by atoms with Gasteiger partial charge in [-0.25, -0.2) is 0 Å². The molecule has 0 aliphatic heterocycles. The molecular formula is C26H24N10S2Zn. The molecule has 0 saturated carbocycles. The summed E-state index contributed by atoms with van der Waals surface area (Å²) in [5, 5.41) is 8.84. The van der Waals surface area contributed by atoms with E-state index in [-0.39, 0.29) is 19.5 Å². The molecule has 192 valence electrons. The van der Waals surface area contributed by atoms with E-state index in [0.717, 1.165) is 11.4 Å². The smallest absolute Gasteiger partial charge is 0.741 e. The molecule has 0 atom stereocenters. The number of hydrogen-bond donors (Lipinski definition) is 2. The van der Waals surface area contributed by atoms with Gasteiger partial charge < -0.3 is 25.3 Å². The quantitative estimate of drug-likeness (QED) is 0.111. The maximum atomic E-state index is 5.08. The zero-order chi connectivity index (χ0) is 27.0. The summed E-state index contributed by atoms with van der Waals surface area (Å²) in [5.41, 5.74) is 9.77. The molecule has 0 radical (unpaired) electrons. The van der Waals surface area contributed by atoms with E-state index in [1.807, 2.05) is 74.5 Å². The summed E-state index contributed by atoms with van der Waals surface area (Å²) >= 11 is 10.2. The molecule has 0 bridgehead atoms. The van der Waals surface area contributed by atoms with Gasteiger partial charge in [0, 0.05) is 35.1 Å². The largest absolute Gasteiger partial charge is 2.00 e. The molecule has 2 aromatic heterocycles. The van der Waals surface area contributed by atoms with E-state index in [2.05, 4.69) is 51.0 Å². The summed E-state index contributed by atoms with van der Waals surface area (Å²) < 4.78 is 0. The van der Waals surface area contributed by atoms with Gasteiger partial charge >= 0.3 is 19.5 Å². The molecule has 0 unspecified atom stereocenters. The van der Waals surface area contributed by atoms with Crippen molar-refractivity contribution >= 4 is 58.4 Å². The Labute approximate surface area is 250 Å². The van der Waals surface area contributed by atoms with Crippen LogP contribution in [0.4, 0.5) is 11.4 Å². The van der Waals surface area contributed by atoms with Crippen LogP contribution < -0.4 is 10.9 Å². The van der Waals surface area contributed by atoms with Crippen LogP contribution >= 0.6 is 0 Å². The first-order valence-electron chi connectivity index (χ1n) is 11.3. The van der Waals surface area contributed by atoms with Crippen LogP contribution in [0, 0.1) is 0 Å². The summed E-state index contributed by atoms with van der Waals surface area (Å²) in [5.74, 6) is 0. The first-order valence-corrected chi connectivity index (χ1v) is 12.1. The minimum absolute atomic E-state index is 0. The van der Waals surface area contributed by atoms with E-state index >= 15 is 0 Å². The first kappa shape index (κ1) is 31.2. The molecule has 10 nitrogen and oxygen atoms in total. The molecule has 0 aliphatic carbocycles. The number of amidine groups is 2. The van der Waals surface area contributed by atoms with Gasteiger partial charge in [-0.2, -0.15) is 10.2 Å². The van der Waals surface area contributed by atoms with Crippen molar-refractivity contribution in [3.8, 4) is 0 Å². The fraction of sp³-hybridized carbons (Fsp3) is 0.0769. The number of hydrazone groups is 2. The maximum Gasteiger partial charge on any atom is 2.00 e. The van der Waals surface area contributed by atoms with Gasteiger partial charge in [-0.05, 0) is 38.1 Å². The van der Waals surface area contributed by atoms with E-state index in [0.29, 0.717) is 33.1 Å². The van der Waals surface area contributed by atoms with Crippen LogP contribution in [0.2, 0.25) is 0 Å². The second-order valence-corrected chi connectivity index (χ2v) is 8.08. The van der Waals surface area contributed by atoms with Crippen LogP contribution in [-0.4, -0.2) is 41.7 Å². The van der Waals surface area contributed by atoms with Crippen molar-refractivity contribution in [2.45, 2.75) is 13.8 Å². The Morgan fingerprint density at radius 1 is 0.615 bits per heavy atom. The molecule has 2 aromatic carbocycles. The second-order valence-electron chi connectivity index (χ2n) is 7.30. The summed E-state index contributed by atoms with van der Waals surface area (Å²) in [4.78, 5) is 24.6. The Bertz CT molecular complexity index is 1280. The van der Waals surface area contributed by atoms with Crippen molar-refractivity contribution in [3.63, 3.8) is 0 Å². The SMILES string of the molecule is C/C(=N\NC([S-])=Nc1ccccc1)c1cnccn1.C/C(=N\NC([S-])=Nc1ccccc1)c1cnccn1.[Zn+2]. The number of benzene rings is 2. The molecule has 0 fully saturated rings. The van der Waals surface area contributed by atoms with E-state index in [4.69, 9.17) is 25.3 Å². The van der Waals surface area contributed by atoms with E-state index in [9.17, 15) is 0 Å². The minimum Gasteiger partial charge on any atom is -0.741 e. The molecule has 2 heterocycles. The number of nitrogens with zero attached hydrogens (tertiary/aromatic N) is 8. The Morgan fingerprint density at radius 3 is 1.33 bits per heavy atom. The van der Waals surface area contributed by atoms with Crippen LogP contribution in [0.5, 0.6) is 0 Å². The average Bonchev–Trinajstić information content (AvgIpc) is 2.97. The molecule has 4 aromatic rings. The summed E-state index contributed by atoms with van der Waals surface area (Å²) in [6, 6.07) is 18.9. The minimum atomic E-state index is 0. The van der Waals surface area contributed by atoms with E-state index < -0.39 is 0 Å². The Balaban J connectivity index is 0.000000267. The van der Waals surface area contributed by atoms with Crippen molar-refractivity contribution in [1.82, 2.24) is 30.8 Å². The summed E-state index contributed by atoms with van der Waals surface area (Å²) in [6.45, 7) is 3.64. The zero-order valence-electron chi connectivity index (χ0n) is 21.3. The normalized spacial score (nSPS) is 11.9. The number of aliphatic imine (C=N–C) groups is 2. The fourth-order valence-electron chi connectivity index (χ4n) is 2.64. The van der Waals surface area contributed by atoms with Crippen molar-refractivity contribution in [1.29, 1.82) is 0 Å². The van der Waals surface area contributed by atoms with E-state index in [1.165, 1.54) is 0 Å². The van der Waals surface area contributed by atoms with Gasteiger partial charge in [0.2, 0.25) is 0 Å². The average molecular weight is 606 g/mol. The van der Waals surface area contributed by atoms with Crippen molar-refractivity contribution < 1.29 is 19.5 Å². The Hall–Kier alpha value is -4.06. The number of hydrogen-bond acceptors (Lipinski definition) is 10. The predicted molar refractivity (Wildman–Crippen MR) is 157 cm³/mol. The van der Waals surface area contributed by atoms with Gasteiger partial charge in [0.15, 0.2) is 0 Å². The van der Waals surface area contributed by atoms with Gasteiger partial charge in [0.05, 0.1) is 35.2 Å². The standard InChI is InChI=1S/2C13H13N5S.Zn/c2*1-10(12-9-14-7-8-15-12)17-18-13(19)16-11-5-3-2-4-6-11;/h2*2-9H,1H3,(H2,16,18,19);/q;;+2/p-2/b2*17-10+;. The van der Waals surface area contributed by atoms with Crippen LogP contribution in [0.25, 0.3) is 0 Å². The Kier molecular flexibility index (Phi) is 13.9. The predicted octanol–water partition coefficient (Wildman–Crippen LogP) is 4.05. The molecule has 13 heteroatoms. The third kappa shape index (κ3) is 11.9. The van der Waals surface area contributed by atoms with Gasteiger partial charge in [-0.15, -0.1) is 0 Å².